The molecule has 0 aromatic carbocycles. The van der Waals surface area contributed by atoms with Crippen LogP contribution in [-0.4, -0.2) is 25.1 Å². The molecule has 0 bridgehead atoms. The Balaban J connectivity index is 1.75. The predicted octanol–water partition coefficient (Wildman–Crippen LogP) is 1.90. The molecule has 0 aliphatic rings. The SMILES string of the molecule is O=c1[nH]cccc1CNc1nc(Nc2cn[nH]c2)ncc1Cl. The molecule has 3 aromatic rings. The monoisotopic (exact) mass is 317 g/mol. The normalized spacial score (nSPS) is 10.4. The summed E-state index contributed by atoms with van der Waals surface area (Å²) in [5.74, 6) is 0.807. The van der Waals surface area contributed by atoms with E-state index in [1.165, 1.54) is 6.20 Å². The van der Waals surface area contributed by atoms with Gasteiger partial charge in [0.2, 0.25) is 5.95 Å². The van der Waals surface area contributed by atoms with E-state index in [1.54, 1.807) is 30.7 Å². The number of rotatable bonds is 5. The van der Waals surface area contributed by atoms with Gasteiger partial charge >= 0.3 is 0 Å². The van der Waals surface area contributed by atoms with E-state index in [-0.39, 0.29) is 5.56 Å². The molecule has 22 heavy (non-hydrogen) atoms. The van der Waals surface area contributed by atoms with Crippen LogP contribution in [0.5, 0.6) is 0 Å². The summed E-state index contributed by atoms with van der Waals surface area (Å²) in [4.78, 5) is 22.6. The first-order valence-electron chi connectivity index (χ1n) is 6.41. The summed E-state index contributed by atoms with van der Waals surface area (Å²) in [6.07, 6.45) is 6.34. The number of aromatic nitrogens is 5. The van der Waals surface area contributed by atoms with Crippen LogP contribution in [0, 0.1) is 0 Å². The highest BCUT2D eigenvalue weighted by atomic mass is 35.5. The van der Waals surface area contributed by atoms with Crippen LogP contribution in [-0.2, 0) is 6.54 Å². The first-order chi connectivity index (χ1) is 10.7. The lowest BCUT2D eigenvalue weighted by Gasteiger charge is -2.09. The molecule has 3 rings (SSSR count). The molecule has 8 nitrogen and oxygen atoms in total. The maximum atomic E-state index is 11.6. The third kappa shape index (κ3) is 3.23. The van der Waals surface area contributed by atoms with Crippen molar-refractivity contribution in [3.63, 3.8) is 0 Å². The number of anilines is 3. The molecule has 0 saturated heterocycles. The summed E-state index contributed by atoms with van der Waals surface area (Å²) >= 11 is 6.06. The molecule has 0 atom stereocenters. The lowest BCUT2D eigenvalue weighted by atomic mass is 10.3. The maximum absolute atomic E-state index is 11.6. The van der Waals surface area contributed by atoms with Gasteiger partial charge in [-0.3, -0.25) is 9.89 Å². The molecule has 0 saturated carbocycles. The highest BCUT2D eigenvalue weighted by molar-refractivity contribution is 6.32. The Hall–Kier alpha value is -2.87. The smallest absolute Gasteiger partial charge is 0.252 e. The Labute approximate surface area is 130 Å². The fourth-order valence-corrected chi connectivity index (χ4v) is 1.93. The molecule has 0 fully saturated rings. The zero-order valence-electron chi connectivity index (χ0n) is 11.3. The fraction of sp³-hybridized carbons (Fsp3) is 0.0769. The molecule has 0 unspecified atom stereocenters. The van der Waals surface area contributed by atoms with Crippen molar-refractivity contribution in [1.29, 1.82) is 0 Å². The van der Waals surface area contributed by atoms with Gasteiger partial charge in [-0.25, -0.2) is 4.98 Å². The molecule has 0 radical (unpaired) electrons. The van der Waals surface area contributed by atoms with E-state index in [1.807, 2.05) is 0 Å². The highest BCUT2D eigenvalue weighted by Crippen LogP contribution is 2.21. The van der Waals surface area contributed by atoms with Crippen molar-refractivity contribution in [2.24, 2.45) is 0 Å². The molecule has 112 valence electrons. The van der Waals surface area contributed by atoms with Gasteiger partial charge in [0.25, 0.3) is 5.56 Å². The van der Waals surface area contributed by atoms with Gasteiger partial charge in [0.05, 0.1) is 18.1 Å². The number of nitrogens with one attached hydrogen (secondary N) is 4. The average Bonchev–Trinajstić information content (AvgIpc) is 3.02. The van der Waals surface area contributed by atoms with Crippen molar-refractivity contribution in [2.45, 2.75) is 6.54 Å². The van der Waals surface area contributed by atoms with E-state index >= 15 is 0 Å². The fourth-order valence-electron chi connectivity index (χ4n) is 1.77. The van der Waals surface area contributed by atoms with E-state index < -0.39 is 0 Å². The van der Waals surface area contributed by atoms with Gasteiger partial charge in [0.1, 0.15) is 5.02 Å². The number of hydrogen-bond donors (Lipinski definition) is 4. The molecule has 9 heteroatoms. The summed E-state index contributed by atoms with van der Waals surface area (Å²) < 4.78 is 0. The lowest BCUT2D eigenvalue weighted by Crippen LogP contribution is -2.15. The minimum atomic E-state index is -0.156. The average molecular weight is 318 g/mol. The third-order valence-electron chi connectivity index (χ3n) is 2.84. The second-order valence-electron chi connectivity index (χ2n) is 4.38. The van der Waals surface area contributed by atoms with Crippen LogP contribution in [0.3, 0.4) is 0 Å². The van der Waals surface area contributed by atoms with Gasteiger partial charge in [-0.05, 0) is 6.07 Å². The lowest BCUT2D eigenvalue weighted by molar-refractivity contribution is 1.04. The summed E-state index contributed by atoms with van der Waals surface area (Å²) in [6.45, 7) is 0.304. The van der Waals surface area contributed by atoms with Gasteiger partial charge in [-0.1, -0.05) is 17.7 Å². The van der Waals surface area contributed by atoms with Crippen molar-refractivity contribution >= 4 is 29.1 Å². The number of H-pyrrole nitrogens is 2. The van der Waals surface area contributed by atoms with E-state index in [9.17, 15) is 4.79 Å². The molecule has 0 aliphatic carbocycles. The summed E-state index contributed by atoms with van der Waals surface area (Å²) in [7, 11) is 0. The molecular formula is C13H12ClN7O. The van der Waals surface area contributed by atoms with Gasteiger partial charge in [-0.2, -0.15) is 10.1 Å². The third-order valence-corrected chi connectivity index (χ3v) is 3.12. The van der Waals surface area contributed by atoms with Crippen LogP contribution in [0.15, 0.2) is 41.7 Å². The second-order valence-corrected chi connectivity index (χ2v) is 4.79. The van der Waals surface area contributed by atoms with Crippen LogP contribution in [0.1, 0.15) is 5.56 Å². The summed E-state index contributed by atoms with van der Waals surface area (Å²) in [5.41, 5.74) is 1.16. The molecule has 3 heterocycles. The van der Waals surface area contributed by atoms with Gasteiger partial charge in [0.15, 0.2) is 5.82 Å². The first-order valence-corrected chi connectivity index (χ1v) is 6.79. The predicted molar refractivity (Wildman–Crippen MR) is 83.3 cm³/mol. The van der Waals surface area contributed by atoms with Crippen molar-refractivity contribution in [3.8, 4) is 0 Å². The molecular weight excluding hydrogens is 306 g/mol. The summed E-state index contributed by atoms with van der Waals surface area (Å²) in [5, 5.41) is 12.9. The van der Waals surface area contributed by atoms with Crippen LogP contribution < -0.4 is 16.2 Å². The van der Waals surface area contributed by atoms with Gasteiger partial charge in [0, 0.05) is 24.5 Å². The highest BCUT2D eigenvalue weighted by Gasteiger charge is 2.07. The zero-order chi connectivity index (χ0) is 15.4. The molecule has 0 amide bonds. The van der Waals surface area contributed by atoms with Crippen LogP contribution >= 0.6 is 11.6 Å². The van der Waals surface area contributed by atoms with Crippen molar-refractivity contribution in [2.75, 3.05) is 10.6 Å². The Kier molecular flexibility index (Phi) is 4.01. The number of nitrogens with zero attached hydrogens (tertiary/aromatic N) is 3. The van der Waals surface area contributed by atoms with Crippen LogP contribution in [0.2, 0.25) is 5.02 Å². The molecule has 4 N–H and O–H groups in total. The van der Waals surface area contributed by atoms with E-state index in [0.29, 0.717) is 28.9 Å². The van der Waals surface area contributed by atoms with E-state index in [0.717, 1.165) is 5.69 Å². The Morgan fingerprint density at radius 3 is 3.00 bits per heavy atom. The van der Waals surface area contributed by atoms with Gasteiger partial charge in [-0.15, -0.1) is 0 Å². The number of aromatic amines is 2. The van der Waals surface area contributed by atoms with Crippen molar-refractivity contribution in [1.82, 2.24) is 25.1 Å². The molecule has 0 aliphatic heterocycles. The largest absolute Gasteiger partial charge is 0.364 e. The number of hydrogen-bond acceptors (Lipinski definition) is 6. The van der Waals surface area contributed by atoms with Gasteiger partial charge < -0.3 is 15.6 Å². The topological polar surface area (TPSA) is 111 Å². The standard InChI is InChI=1S/C13H12ClN7O/c14-10-7-17-13(20-9-5-18-19-6-9)21-11(10)16-4-8-2-1-3-15-12(8)22/h1-3,5-7H,4H2,(H,15,22)(H,18,19)(H2,16,17,20,21). The minimum absolute atomic E-state index is 0.156. The maximum Gasteiger partial charge on any atom is 0.252 e. The minimum Gasteiger partial charge on any atom is -0.364 e. The Bertz CT molecular complexity index is 815. The molecule has 3 aromatic heterocycles. The first kappa shape index (κ1) is 14.1. The van der Waals surface area contributed by atoms with Crippen molar-refractivity contribution < 1.29 is 0 Å². The van der Waals surface area contributed by atoms with Crippen LogP contribution in [0.25, 0.3) is 0 Å². The second kappa shape index (κ2) is 6.27. The van der Waals surface area contributed by atoms with Crippen molar-refractivity contribution in [3.05, 3.63) is 57.9 Å². The number of pyridine rings is 1. The van der Waals surface area contributed by atoms with E-state index in [4.69, 9.17) is 11.6 Å². The van der Waals surface area contributed by atoms with E-state index in [2.05, 4.69) is 35.8 Å². The Morgan fingerprint density at radius 2 is 2.23 bits per heavy atom. The number of halogens is 1. The summed E-state index contributed by atoms with van der Waals surface area (Å²) in [6, 6.07) is 3.48. The quantitative estimate of drug-likeness (QED) is 0.572. The van der Waals surface area contributed by atoms with Crippen LogP contribution in [0.4, 0.5) is 17.5 Å². The zero-order valence-corrected chi connectivity index (χ0v) is 12.1. The molecule has 0 spiro atoms. The Morgan fingerprint density at radius 1 is 1.32 bits per heavy atom.